The molecule has 180 valence electrons. The second kappa shape index (κ2) is 11.4. The van der Waals surface area contributed by atoms with Crippen molar-refractivity contribution in [2.45, 2.75) is 25.6 Å². The molecule has 0 bridgehead atoms. The number of benzene rings is 1. The van der Waals surface area contributed by atoms with Crippen LogP contribution in [0.1, 0.15) is 38.3 Å². The zero-order chi connectivity index (χ0) is 24.8. The number of halogens is 1. The molecular weight excluding hydrogens is 502 g/mol. The van der Waals surface area contributed by atoms with Crippen LogP contribution in [0.25, 0.3) is 0 Å². The number of anilines is 1. The van der Waals surface area contributed by atoms with E-state index in [0.717, 1.165) is 23.1 Å². The van der Waals surface area contributed by atoms with E-state index in [9.17, 15) is 14.4 Å². The van der Waals surface area contributed by atoms with Crippen molar-refractivity contribution in [2.24, 2.45) is 12.8 Å². The highest BCUT2D eigenvalue weighted by atomic mass is 35.5. The summed E-state index contributed by atoms with van der Waals surface area (Å²) in [5, 5.41) is 12.1. The Kier molecular flexibility index (Phi) is 8.53. The van der Waals surface area contributed by atoms with E-state index in [4.69, 9.17) is 26.8 Å². The SMILES string of the molecule is CCOC(=O)c1c(NC(=O)CSc2nnc(COc3ccccc3Cl)n2C)sc(C(N)=O)c1C. The fraction of sp³-hybridized carbons (Fsp3) is 0.286. The first-order valence-corrected chi connectivity index (χ1v) is 12.2. The van der Waals surface area contributed by atoms with Crippen molar-refractivity contribution >= 4 is 57.5 Å². The summed E-state index contributed by atoms with van der Waals surface area (Å²) in [5.74, 6) is -0.656. The van der Waals surface area contributed by atoms with Gasteiger partial charge in [-0.1, -0.05) is 35.5 Å². The first-order chi connectivity index (χ1) is 16.2. The molecule has 0 aliphatic rings. The summed E-state index contributed by atoms with van der Waals surface area (Å²) in [6, 6.07) is 7.09. The van der Waals surface area contributed by atoms with Gasteiger partial charge in [0.25, 0.3) is 5.91 Å². The highest BCUT2D eigenvalue weighted by Gasteiger charge is 2.26. The van der Waals surface area contributed by atoms with Gasteiger partial charge in [0.1, 0.15) is 17.4 Å². The number of nitrogens with zero attached hydrogens (tertiary/aromatic N) is 3. The molecule has 0 spiro atoms. The molecule has 3 aromatic rings. The van der Waals surface area contributed by atoms with E-state index in [-0.39, 0.29) is 34.4 Å². The van der Waals surface area contributed by atoms with Crippen molar-refractivity contribution in [1.82, 2.24) is 14.8 Å². The van der Waals surface area contributed by atoms with Gasteiger partial charge in [-0.15, -0.1) is 21.5 Å². The molecule has 2 aromatic heterocycles. The number of amides is 2. The third-order valence-electron chi connectivity index (χ3n) is 4.55. The van der Waals surface area contributed by atoms with Gasteiger partial charge in [0.2, 0.25) is 5.91 Å². The molecule has 0 saturated heterocycles. The van der Waals surface area contributed by atoms with Crippen LogP contribution in [0.15, 0.2) is 29.4 Å². The van der Waals surface area contributed by atoms with E-state index < -0.39 is 17.8 Å². The summed E-state index contributed by atoms with van der Waals surface area (Å²) >= 11 is 8.18. The maximum absolute atomic E-state index is 12.6. The zero-order valence-corrected chi connectivity index (χ0v) is 21.0. The third kappa shape index (κ3) is 5.88. The Morgan fingerprint density at radius 3 is 2.68 bits per heavy atom. The van der Waals surface area contributed by atoms with Crippen molar-refractivity contribution in [3.8, 4) is 5.75 Å². The Morgan fingerprint density at radius 1 is 1.26 bits per heavy atom. The molecule has 0 unspecified atom stereocenters. The molecule has 0 radical (unpaired) electrons. The number of thiophene rings is 1. The van der Waals surface area contributed by atoms with Crippen LogP contribution in [0.4, 0.5) is 5.00 Å². The van der Waals surface area contributed by atoms with E-state index >= 15 is 0 Å². The monoisotopic (exact) mass is 523 g/mol. The molecule has 0 aliphatic heterocycles. The molecule has 1 aromatic carbocycles. The van der Waals surface area contributed by atoms with Crippen LogP contribution in [-0.2, 0) is 23.2 Å². The molecule has 0 saturated carbocycles. The van der Waals surface area contributed by atoms with Crippen LogP contribution in [0.2, 0.25) is 5.02 Å². The highest BCUT2D eigenvalue weighted by molar-refractivity contribution is 7.99. The number of carbonyl (C=O) groups is 3. The lowest BCUT2D eigenvalue weighted by atomic mass is 10.1. The van der Waals surface area contributed by atoms with Crippen LogP contribution < -0.4 is 15.8 Å². The average Bonchev–Trinajstić information content (AvgIpc) is 3.31. The normalized spacial score (nSPS) is 10.7. The summed E-state index contributed by atoms with van der Waals surface area (Å²) < 4.78 is 12.4. The van der Waals surface area contributed by atoms with Crippen LogP contribution in [0.3, 0.4) is 0 Å². The van der Waals surface area contributed by atoms with E-state index in [1.807, 2.05) is 6.07 Å². The number of aromatic nitrogens is 3. The van der Waals surface area contributed by atoms with Gasteiger partial charge in [-0.3, -0.25) is 9.59 Å². The molecule has 2 heterocycles. The van der Waals surface area contributed by atoms with Crippen molar-refractivity contribution in [2.75, 3.05) is 17.7 Å². The van der Waals surface area contributed by atoms with Gasteiger partial charge in [-0.2, -0.15) is 0 Å². The maximum atomic E-state index is 12.6. The van der Waals surface area contributed by atoms with Gasteiger partial charge in [0.15, 0.2) is 11.0 Å². The van der Waals surface area contributed by atoms with Crippen molar-refractivity contribution in [1.29, 1.82) is 0 Å². The number of esters is 1. The Balaban J connectivity index is 1.64. The fourth-order valence-corrected chi connectivity index (χ4v) is 4.86. The van der Waals surface area contributed by atoms with E-state index in [2.05, 4.69) is 15.5 Å². The number of rotatable bonds is 10. The van der Waals surface area contributed by atoms with Crippen molar-refractivity contribution in [3.05, 3.63) is 51.1 Å². The first-order valence-electron chi connectivity index (χ1n) is 10.0. The van der Waals surface area contributed by atoms with Crippen molar-refractivity contribution in [3.63, 3.8) is 0 Å². The van der Waals surface area contributed by atoms with Crippen LogP contribution in [-0.4, -0.2) is 44.9 Å². The Labute approximate surface area is 208 Å². The predicted molar refractivity (Wildman–Crippen MR) is 130 cm³/mol. The van der Waals surface area contributed by atoms with Gasteiger partial charge in [-0.25, -0.2) is 4.79 Å². The Morgan fingerprint density at radius 2 is 2.00 bits per heavy atom. The number of hydrogen-bond acceptors (Lipinski definition) is 9. The second-order valence-corrected chi connectivity index (χ2v) is 9.23. The Bertz CT molecular complexity index is 1230. The zero-order valence-electron chi connectivity index (χ0n) is 18.6. The number of para-hydroxylation sites is 1. The molecule has 2 amide bonds. The molecule has 3 rings (SSSR count). The summed E-state index contributed by atoms with van der Waals surface area (Å²) in [6.45, 7) is 3.54. The second-order valence-electron chi connectivity index (χ2n) is 6.86. The highest BCUT2D eigenvalue weighted by Crippen LogP contribution is 2.34. The molecule has 34 heavy (non-hydrogen) atoms. The van der Waals surface area contributed by atoms with E-state index in [1.54, 1.807) is 43.7 Å². The first kappa shape index (κ1) is 25.5. The van der Waals surface area contributed by atoms with Crippen molar-refractivity contribution < 1.29 is 23.9 Å². The van der Waals surface area contributed by atoms with Gasteiger partial charge in [0.05, 0.1) is 27.8 Å². The lowest BCUT2D eigenvalue weighted by Gasteiger charge is -2.08. The Hall–Kier alpha value is -3.09. The van der Waals surface area contributed by atoms with Crippen LogP contribution in [0.5, 0.6) is 5.75 Å². The van der Waals surface area contributed by atoms with Gasteiger partial charge in [0, 0.05) is 7.05 Å². The number of carbonyl (C=O) groups excluding carboxylic acids is 3. The lowest BCUT2D eigenvalue weighted by molar-refractivity contribution is -0.113. The number of hydrogen-bond donors (Lipinski definition) is 2. The summed E-state index contributed by atoms with van der Waals surface area (Å²) in [7, 11) is 1.76. The van der Waals surface area contributed by atoms with E-state index in [0.29, 0.717) is 27.3 Å². The van der Waals surface area contributed by atoms with Gasteiger partial charge < -0.3 is 25.1 Å². The maximum Gasteiger partial charge on any atom is 0.341 e. The van der Waals surface area contributed by atoms with Gasteiger partial charge >= 0.3 is 5.97 Å². The van der Waals surface area contributed by atoms with E-state index in [1.165, 1.54) is 0 Å². The lowest BCUT2D eigenvalue weighted by Crippen LogP contribution is -2.17. The minimum absolute atomic E-state index is 0.0114. The molecule has 3 N–H and O–H groups in total. The smallest absolute Gasteiger partial charge is 0.341 e. The third-order valence-corrected chi connectivity index (χ3v) is 7.11. The fourth-order valence-electron chi connectivity index (χ4n) is 2.88. The quantitative estimate of drug-likeness (QED) is 0.304. The summed E-state index contributed by atoms with van der Waals surface area (Å²) in [6.07, 6.45) is 0. The molecule has 10 nitrogen and oxygen atoms in total. The number of ether oxygens (including phenoxy) is 2. The average molecular weight is 524 g/mol. The molecule has 13 heteroatoms. The van der Waals surface area contributed by atoms with Gasteiger partial charge in [-0.05, 0) is 31.5 Å². The number of nitrogens with two attached hydrogens (primary N) is 1. The standard InChI is InChI=1S/C21H22ClN5O5S2/c1-4-31-20(30)16-11(2)17(18(23)29)34-19(16)24-15(28)10-33-21-26-25-14(27(21)3)9-32-13-8-6-5-7-12(13)22/h5-8H,4,9-10H2,1-3H3,(H2,23,29)(H,24,28). The minimum Gasteiger partial charge on any atom is -0.484 e. The predicted octanol–water partition coefficient (Wildman–Crippen LogP) is 3.42. The largest absolute Gasteiger partial charge is 0.484 e. The van der Waals surface area contributed by atoms with Crippen LogP contribution >= 0.6 is 34.7 Å². The number of thioether (sulfide) groups is 1. The molecule has 0 aliphatic carbocycles. The molecular formula is C21H22ClN5O5S2. The molecule has 0 fully saturated rings. The topological polar surface area (TPSA) is 138 Å². The minimum atomic E-state index is -0.687. The summed E-state index contributed by atoms with van der Waals surface area (Å²) in [5.41, 5.74) is 5.89. The number of primary amides is 1. The summed E-state index contributed by atoms with van der Waals surface area (Å²) in [4.78, 5) is 36.8. The number of nitrogens with one attached hydrogen (secondary N) is 1. The molecule has 0 atom stereocenters. The van der Waals surface area contributed by atoms with Crippen LogP contribution in [0, 0.1) is 6.92 Å².